The number of rotatable bonds is 4. The first-order valence-electron chi connectivity index (χ1n) is 10.3. The normalized spacial score (nSPS) is 24.0. The molecule has 3 aliphatic rings. The van der Waals surface area contributed by atoms with E-state index in [1.807, 2.05) is 0 Å². The Balaban J connectivity index is 1.40. The molecule has 1 aliphatic carbocycles. The molecule has 1 N–H and O–H groups in total. The number of hydrogen-bond donors (Lipinski definition) is 1. The number of aromatic nitrogens is 3. The number of fused-ring (bicyclic) bond motifs is 1. The molecule has 1 saturated heterocycles. The van der Waals surface area contributed by atoms with Gasteiger partial charge in [0.2, 0.25) is 11.8 Å². The Morgan fingerprint density at radius 3 is 2.63 bits per heavy atom. The van der Waals surface area contributed by atoms with E-state index in [0.29, 0.717) is 25.7 Å². The average Bonchev–Trinajstić information content (AvgIpc) is 3.28. The molecule has 8 heteroatoms. The molecular formula is C19H30N6O2. The third-order valence-electron chi connectivity index (χ3n) is 6.21. The van der Waals surface area contributed by atoms with Gasteiger partial charge in [0, 0.05) is 26.1 Å². The van der Waals surface area contributed by atoms with Gasteiger partial charge in [-0.25, -0.2) is 0 Å². The van der Waals surface area contributed by atoms with E-state index in [-0.39, 0.29) is 17.9 Å². The second-order valence-corrected chi connectivity index (χ2v) is 8.10. The molecule has 2 aliphatic heterocycles. The van der Waals surface area contributed by atoms with Crippen LogP contribution in [0.1, 0.15) is 69.6 Å². The van der Waals surface area contributed by atoms with Gasteiger partial charge in [-0.15, -0.1) is 10.2 Å². The minimum absolute atomic E-state index is 0.0766. The highest BCUT2D eigenvalue weighted by atomic mass is 16.2. The second kappa shape index (κ2) is 7.96. The van der Waals surface area contributed by atoms with Crippen molar-refractivity contribution in [2.75, 3.05) is 19.6 Å². The molecule has 1 aromatic rings. The molecular weight excluding hydrogens is 344 g/mol. The highest BCUT2D eigenvalue weighted by molar-refractivity contribution is 5.78. The second-order valence-electron chi connectivity index (χ2n) is 8.10. The summed E-state index contributed by atoms with van der Waals surface area (Å²) in [7, 11) is 0. The van der Waals surface area contributed by atoms with E-state index in [4.69, 9.17) is 0 Å². The van der Waals surface area contributed by atoms with E-state index in [1.54, 1.807) is 11.8 Å². The van der Waals surface area contributed by atoms with Crippen LogP contribution in [0, 0.1) is 0 Å². The summed E-state index contributed by atoms with van der Waals surface area (Å²) < 4.78 is 2.15. The first kappa shape index (κ1) is 18.4. The van der Waals surface area contributed by atoms with Crippen molar-refractivity contribution in [3.63, 3.8) is 0 Å². The fraction of sp³-hybridized carbons (Fsp3) is 0.789. The zero-order valence-corrected chi connectivity index (χ0v) is 16.2. The van der Waals surface area contributed by atoms with Gasteiger partial charge in [-0.1, -0.05) is 19.3 Å². The van der Waals surface area contributed by atoms with E-state index >= 15 is 0 Å². The van der Waals surface area contributed by atoms with E-state index in [0.717, 1.165) is 50.4 Å². The Morgan fingerprint density at radius 1 is 1.04 bits per heavy atom. The van der Waals surface area contributed by atoms with E-state index < -0.39 is 0 Å². The highest BCUT2D eigenvalue weighted by Gasteiger charge is 2.34. The molecule has 2 amide bonds. The van der Waals surface area contributed by atoms with Gasteiger partial charge in [-0.3, -0.25) is 14.5 Å². The van der Waals surface area contributed by atoms with Crippen molar-refractivity contribution >= 4 is 11.8 Å². The van der Waals surface area contributed by atoms with Crippen LogP contribution in [-0.2, 0) is 22.7 Å². The van der Waals surface area contributed by atoms with Crippen molar-refractivity contribution in [2.24, 2.45) is 0 Å². The number of likely N-dealkylation sites (tertiary alicyclic amines) is 1. The molecule has 0 bridgehead atoms. The van der Waals surface area contributed by atoms with Gasteiger partial charge < -0.3 is 14.8 Å². The lowest BCUT2D eigenvalue weighted by Gasteiger charge is -2.29. The Labute approximate surface area is 160 Å². The van der Waals surface area contributed by atoms with Crippen molar-refractivity contribution in [1.29, 1.82) is 0 Å². The number of nitrogens with one attached hydrogen (secondary N) is 1. The number of hydrogen-bond acceptors (Lipinski definition) is 5. The number of carbonyl (C=O) groups excluding carboxylic acids is 2. The number of carbonyl (C=O) groups is 2. The Morgan fingerprint density at radius 2 is 1.85 bits per heavy atom. The molecule has 0 spiro atoms. The zero-order valence-electron chi connectivity index (χ0n) is 16.2. The molecule has 1 atom stereocenters. The Hall–Kier alpha value is -1.96. The summed E-state index contributed by atoms with van der Waals surface area (Å²) in [5.74, 6) is 2.02. The molecule has 0 aromatic carbocycles. The lowest BCUT2D eigenvalue weighted by molar-refractivity contribution is -0.130. The molecule has 1 saturated carbocycles. The van der Waals surface area contributed by atoms with Crippen LogP contribution in [0.25, 0.3) is 0 Å². The standard InChI is InChI=1S/C19H30N6O2/c1-14(26)23-10-11-25-17(12-23)21-22-19(25)16-8-5-9-24(16)13-18(27)20-15-6-3-2-4-7-15/h15-16H,2-13H2,1H3,(H,20,27). The third kappa shape index (κ3) is 4.00. The maximum absolute atomic E-state index is 12.5. The van der Waals surface area contributed by atoms with Crippen LogP contribution in [0.15, 0.2) is 0 Å². The van der Waals surface area contributed by atoms with E-state index in [1.165, 1.54) is 19.3 Å². The predicted molar refractivity (Wildman–Crippen MR) is 99.7 cm³/mol. The first-order valence-corrected chi connectivity index (χ1v) is 10.3. The summed E-state index contributed by atoms with van der Waals surface area (Å²) in [6.07, 6.45) is 8.04. The minimum Gasteiger partial charge on any atom is -0.352 e. The number of nitrogens with zero attached hydrogens (tertiary/aromatic N) is 5. The number of amides is 2. The van der Waals surface area contributed by atoms with Crippen molar-refractivity contribution in [1.82, 2.24) is 29.9 Å². The van der Waals surface area contributed by atoms with Crippen LogP contribution in [0.5, 0.6) is 0 Å². The molecule has 1 unspecified atom stereocenters. The third-order valence-corrected chi connectivity index (χ3v) is 6.21. The van der Waals surface area contributed by atoms with Crippen molar-refractivity contribution in [3.8, 4) is 0 Å². The minimum atomic E-state index is 0.0766. The quantitative estimate of drug-likeness (QED) is 0.857. The molecule has 3 heterocycles. The van der Waals surface area contributed by atoms with Crippen LogP contribution in [0.2, 0.25) is 0 Å². The molecule has 1 aromatic heterocycles. The molecule has 148 valence electrons. The van der Waals surface area contributed by atoms with Crippen LogP contribution < -0.4 is 5.32 Å². The largest absolute Gasteiger partial charge is 0.352 e. The molecule has 4 rings (SSSR count). The summed E-state index contributed by atoms with van der Waals surface area (Å²) in [4.78, 5) is 28.2. The lowest BCUT2D eigenvalue weighted by atomic mass is 9.95. The smallest absolute Gasteiger partial charge is 0.234 e. The maximum atomic E-state index is 12.5. The summed E-state index contributed by atoms with van der Waals surface area (Å²) in [6, 6.07) is 0.498. The first-order chi connectivity index (χ1) is 13.1. The van der Waals surface area contributed by atoms with Crippen molar-refractivity contribution in [2.45, 2.75) is 77.0 Å². The van der Waals surface area contributed by atoms with Crippen LogP contribution >= 0.6 is 0 Å². The van der Waals surface area contributed by atoms with Gasteiger partial charge in [0.1, 0.15) is 0 Å². The van der Waals surface area contributed by atoms with Gasteiger partial charge in [0.25, 0.3) is 0 Å². The fourth-order valence-electron chi connectivity index (χ4n) is 4.71. The van der Waals surface area contributed by atoms with Crippen molar-refractivity contribution in [3.05, 3.63) is 11.6 Å². The zero-order chi connectivity index (χ0) is 18.8. The van der Waals surface area contributed by atoms with Gasteiger partial charge in [-0.2, -0.15) is 0 Å². The van der Waals surface area contributed by atoms with Gasteiger partial charge in [0.05, 0.1) is 19.1 Å². The highest BCUT2D eigenvalue weighted by Crippen LogP contribution is 2.31. The predicted octanol–water partition coefficient (Wildman–Crippen LogP) is 1.23. The lowest BCUT2D eigenvalue weighted by Crippen LogP contribution is -2.43. The molecule has 27 heavy (non-hydrogen) atoms. The maximum Gasteiger partial charge on any atom is 0.234 e. The summed E-state index contributed by atoms with van der Waals surface area (Å²) in [5.41, 5.74) is 0. The monoisotopic (exact) mass is 374 g/mol. The molecule has 8 nitrogen and oxygen atoms in total. The SMILES string of the molecule is CC(=O)N1CCn2c(nnc2C2CCCN2CC(=O)NC2CCCCC2)C1. The molecule has 0 radical (unpaired) electrons. The van der Waals surface area contributed by atoms with E-state index in [9.17, 15) is 9.59 Å². The van der Waals surface area contributed by atoms with Gasteiger partial charge in [-0.05, 0) is 32.2 Å². The summed E-state index contributed by atoms with van der Waals surface area (Å²) in [6.45, 7) is 4.90. The topological polar surface area (TPSA) is 83.4 Å². The molecule has 2 fully saturated rings. The average molecular weight is 374 g/mol. The fourth-order valence-corrected chi connectivity index (χ4v) is 4.71. The Bertz CT molecular complexity index is 696. The van der Waals surface area contributed by atoms with Gasteiger partial charge >= 0.3 is 0 Å². The van der Waals surface area contributed by atoms with Gasteiger partial charge in [0.15, 0.2) is 11.6 Å². The Kier molecular flexibility index (Phi) is 5.43. The van der Waals surface area contributed by atoms with Crippen LogP contribution in [0.3, 0.4) is 0 Å². The van der Waals surface area contributed by atoms with Crippen LogP contribution in [0.4, 0.5) is 0 Å². The van der Waals surface area contributed by atoms with Crippen molar-refractivity contribution < 1.29 is 9.59 Å². The summed E-state index contributed by atoms with van der Waals surface area (Å²) >= 11 is 0. The summed E-state index contributed by atoms with van der Waals surface area (Å²) in [5, 5.41) is 12.0. The van der Waals surface area contributed by atoms with Crippen LogP contribution in [-0.4, -0.2) is 62.1 Å². The van der Waals surface area contributed by atoms with E-state index in [2.05, 4.69) is 25.0 Å².